The summed E-state index contributed by atoms with van der Waals surface area (Å²) >= 11 is 0. The van der Waals surface area contributed by atoms with Crippen LogP contribution in [0.15, 0.2) is 12.4 Å². The van der Waals surface area contributed by atoms with Crippen LogP contribution in [0.3, 0.4) is 0 Å². The fraction of sp³-hybridized carbons (Fsp3) is 0.625. The van der Waals surface area contributed by atoms with E-state index in [9.17, 15) is 8.42 Å². The maximum absolute atomic E-state index is 10.9. The van der Waals surface area contributed by atoms with E-state index in [0.717, 1.165) is 12.2 Å². The zero-order valence-corrected chi connectivity index (χ0v) is 8.71. The van der Waals surface area contributed by atoms with Crippen LogP contribution in [0, 0.1) is 0 Å². The Labute approximate surface area is 78.5 Å². The largest absolute Gasteiger partial charge is 0.334 e. The molecular formula is C8H14N2O2S. The Bertz CT molecular complexity index is 367. The molecule has 1 aromatic rings. The van der Waals surface area contributed by atoms with Crippen molar-refractivity contribution >= 4 is 9.84 Å². The van der Waals surface area contributed by atoms with E-state index in [1.807, 2.05) is 17.7 Å². The molecule has 1 aromatic heterocycles. The van der Waals surface area contributed by atoms with Gasteiger partial charge in [0.15, 0.2) is 0 Å². The summed E-state index contributed by atoms with van der Waals surface area (Å²) in [6, 6.07) is 0. The van der Waals surface area contributed by atoms with Crippen molar-refractivity contribution in [2.75, 3.05) is 12.0 Å². The van der Waals surface area contributed by atoms with Crippen LogP contribution < -0.4 is 0 Å². The Hall–Kier alpha value is -0.840. The lowest BCUT2D eigenvalue weighted by atomic mass is 10.4. The highest BCUT2D eigenvalue weighted by Gasteiger charge is 2.04. The van der Waals surface area contributed by atoms with Crippen molar-refractivity contribution in [1.82, 2.24) is 9.55 Å². The molecule has 0 saturated carbocycles. The van der Waals surface area contributed by atoms with Gasteiger partial charge in [-0.2, -0.15) is 0 Å². The van der Waals surface area contributed by atoms with Gasteiger partial charge in [-0.05, 0) is 0 Å². The fourth-order valence-corrected chi connectivity index (χ4v) is 1.65. The molecular weight excluding hydrogens is 188 g/mol. The Morgan fingerprint density at radius 1 is 1.54 bits per heavy atom. The third-order valence-corrected chi connectivity index (χ3v) is 2.75. The first-order chi connectivity index (χ1) is 6.03. The zero-order valence-electron chi connectivity index (χ0n) is 7.90. The number of imidazole rings is 1. The third-order valence-electron chi connectivity index (χ3n) is 1.82. The lowest BCUT2D eigenvalue weighted by molar-refractivity contribution is 0.592. The van der Waals surface area contributed by atoms with Crippen molar-refractivity contribution in [1.29, 1.82) is 0 Å². The first kappa shape index (κ1) is 10.2. The van der Waals surface area contributed by atoms with Crippen molar-refractivity contribution in [3.8, 4) is 0 Å². The summed E-state index contributed by atoms with van der Waals surface area (Å²) in [7, 11) is -2.87. The van der Waals surface area contributed by atoms with Gasteiger partial charge in [0.05, 0.1) is 5.75 Å². The summed E-state index contributed by atoms with van der Waals surface area (Å²) in [6.45, 7) is 2.50. The summed E-state index contributed by atoms with van der Waals surface area (Å²) in [5.74, 6) is 1.11. The Morgan fingerprint density at radius 3 is 2.77 bits per heavy atom. The van der Waals surface area contributed by atoms with E-state index in [1.54, 1.807) is 6.20 Å². The van der Waals surface area contributed by atoms with Crippen LogP contribution in [0.5, 0.6) is 0 Å². The maximum Gasteiger partial charge on any atom is 0.149 e. The van der Waals surface area contributed by atoms with Crippen LogP contribution in [0.2, 0.25) is 0 Å². The molecule has 0 unspecified atom stereocenters. The van der Waals surface area contributed by atoms with E-state index in [-0.39, 0.29) is 5.75 Å². The molecule has 0 aliphatic carbocycles. The van der Waals surface area contributed by atoms with Gasteiger partial charge >= 0.3 is 0 Å². The molecule has 0 radical (unpaired) electrons. The van der Waals surface area contributed by atoms with Gasteiger partial charge in [0.2, 0.25) is 0 Å². The Balaban J connectivity index is 2.64. The molecule has 0 saturated heterocycles. The highest BCUT2D eigenvalue weighted by Crippen LogP contribution is 1.99. The average molecular weight is 202 g/mol. The van der Waals surface area contributed by atoms with Gasteiger partial charge in [0.1, 0.15) is 15.7 Å². The van der Waals surface area contributed by atoms with Gasteiger partial charge in [-0.15, -0.1) is 0 Å². The second-order valence-corrected chi connectivity index (χ2v) is 5.28. The molecule has 1 heterocycles. The highest BCUT2D eigenvalue weighted by atomic mass is 32.2. The lowest BCUT2D eigenvalue weighted by Gasteiger charge is -2.04. The Morgan fingerprint density at radius 2 is 2.23 bits per heavy atom. The molecule has 1 rings (SSSR count). The van der Waals surface area contributed by atoms with Crippen molar-refractivity contribution in [3.05, 3.63) is 18.2 Å². The van der Waals surface area contributed by atoms with Crippen molar-refractivity contribution in [2.24, 2.45) is 0 Å². The molecule has 0 spiro atoms. The number of aromatic nitrogens is 2. The molecule has 0 amide bonds. The first-order valence-electron chi connectivity index (χ1n) is 4.20. The van der Waals surface area contributed by atoms with E-state index < -0.39 is 9.84 Å². The highest BCUT2D eigenvalue weighted by molar-refractivity contribution is 7.90. The van der Waals surface area contributed by atoms with Crippen LogP contribution in [-0.2, 0) is 22.8 Å². The number of hydrogen-bond acceptors (Lipinski definition) is 3. The number of sulfone groups is 1. The molecule has 0 N–H and O–H groups in total. The molecule has 5 heteroatoms. The summed E-state index contributed by atoms with van der Waals surface area (Å²) in [6.07, 6.45) is 5.58. The molecule has 0 atom stereocenters. The second-order valence-electron chi connectivity index (χ2n) is 3.02. The Kier molecular flexibility index (Phi) is 3.08. The molecule has 74 valence electrons. The summed E-state index contributed by atoms with van der Waals surface area (Å²) in [4.78, 5) is 4.10. The smallest absolute Gasteiger partial charge is 0.149 e. The molecule has 4 nitrogen and oxygen atoms in total. The van der Waals surface area contributed by atoms with E-state index >= 15 is 0 Å². The summed E-state index contributed by atoms with van der Waals surface area (Å²) in [5, 5.41) is 0. The number of hydrogen-bond donors (Lipinski definition) is 0. The van der Waals surface area contributed by atoms with E-state index in [2.05, 4.69) is 4.98 Å². The first-order valence-corrected chi connectivity index (χ1v) is 6.26. The number of aryl methyl sites for hydroxylation is 2. The van der Waals surface area contributed by atoms with Gasteiger partial charge in [-0.1, -0.05) is 6.92 Å². The minimum Gasteiger partial charge on any atom is -0.334 e. The van der Waals surface area contributed by atoms with Gasteiger partial charge in [-0.25, -0.2) is 13.4 Å². The van der Waals surface area contributed by atoms with Gasteiger partial charge in [-0.3, -0.25) is 0 Å². The molecule has 0 fully saturated rings. The van der Waals surface area contributed by atoms with Crippen LogP contribution in [0.1, 0.15) is 12.7 Å². The van der Waals surface area contributed by atoms with Crippen LogP contribution in [0.4, 0.5) is 0 Å². The topological polar surface area (TPSA) is 52.0 Å². The summed E-state index contributed by atoms with van der Waals surface area (Å²) in [5.41, 5.74) is 0. The van der Waals surface area contributed by atoms with Gasteiger partial charge in [0.25, 0.3) is 0 Å². The van der Waals surface area contributed by atoms with Gasteiger partial charge < -0.3 is 4.57 Å². The number of nitrogens with zero attached hydrogens (tertiary/aromatic N) is 2. The second kappa shape index (κ2) is 3.91. The van der Waals surface area contributed by atoms with E-state index in [4.69, 9.17) is 0 Å². The van der Waals surface area contributed by atoms with Crippen molar-refractivity contribution in [3.63, 3.8) is 0 Å². The van der Waals surface area contributed by atoms with Crippen LogP contribution in [0.25, 0.3) is 0 Å². The standard InChI is InChI=1S/C8H14N2O2S/c1-3-8-9-4-5-10(8)6-7-13(2,11)12/h4-5H,3,6-7H2,1-2H3. The number of rotatable bonds is 4. The quantitative estimate of drug-likeness (QED) is 0.714. The third kappa shape index (κ3) is 3.18. The lowest BCUT2D eigenvalue weighted by Crippen LogP contribution is -2.12. The van der Waals surface area contributed by atoms with Crippen LogP contribution >= 0.6 is 0 Å². The maximum atomic E-state index is 10.9. The van der Waals surface area contributed by atoms with E-state index in [1.165, 1.54) is 6.26 Å². The summed E-state index contributed by atoms with van der Waals surface area (Å²) < 4.78 is 23.7. The molecule has 0 aromatic carbocycles. The van der Waals surface area contributed by atoms with Crippen LogP contribution in [-0.4, -0.2) is 30.0 Å². The SMILES string of the molecule is CCc1nccn1CCS(C)(=O)=O. The fourth-order valence-electron chi connectivity index (χ4n) is 1.12. The molecule has 0 aliphatic rings. The minimum atomic E-state index is -2.87. The van der Waals surface area contributed by atoms with E-state index in [0.29, 0.717) is 6.54 Å². The van der Waals surface area contributed by atoms with Gasteiger partial charge in [0, 0.05) is 31.6 Å². The normalized spacial score (nSPS) is 11.8. The zero-order chi connectivity index (χ0) is 9.90. The minimum absolute atomic E-state index is 0.177. The molecule has 0 aliphatic heterocycles. The molecule has 0 bridgehead atoms. The van der Waals surface area contributed by atoms with Crippen molar-refractivity contribution in [2.45, 2.75) is 19.9 Å². The van der Waals surface area contributed by atoms with Crippen molar-refractivity contribution < 1.29 is 8.42 Å². The average Bonchev–Trinajstić information content (AvgIpc) is 2.46. The monoisotopic (exact) mass is 202 g/mol. The predicted molar refractivity (Wildman–Crippen MR) is 51.3 cm³/mol. The molecule has 13 heavy (non-hydrogen) atoms. The predicted octanol–water partition coefficient (Wildman–Crippen LogP) is 0.490.